The predicted octanol–water partition coefficient (Wildman–Crippen LogP) is 0.878. The predicted molar refractivity (Wildman–Crippen MR) is 73.0 cm³/mol. The summed E-state index contributed by atoms with van der Waals surface area (Å²) in [7, 11) is 1.61. The number of hydrogen-bond acceptors (Lipinski definition) is 3. The van der Waals surface area contributed by atoms with Crippen molar-refractivity contribution < 1.29 is 14.3 Å². The minimum absolute atomic E-state index is 0.0448. The first-order valence-electron chi connectivity index (χ1n) is 6.24. The summed E-state index contributed by atoms with van der Waals surface area (Å²) in [6.07, 6.45) is 0.651. The van der Waals surface area contributed by atoms with Gasteiger partial charge >= 0.3 is 11.8 Å². The van der Waals surface area contributed by atoms with Gasteiger partial charge in [-0.15, -0.1) is 0 Å². The van der Waals surface area contributed by atoms with Gasteiger partial charge in [-0.2, -0.15) is 0 Å². The van der Waals surface area contributed by atoms with Crippen LogP contribution in [0.2, 0.25) is 0 Å². The normalized spacial score (nSPS) is 10.1. The molecule has 0 atom stereocenters. The van der Waals surface area contributed by atoms with E-state index < -0.39 is 11.8 Å². The molecule has 0 bridgehead atoms. The maximum atomic E-state index is 11.4. The molecule has 1 aromatic carbocycles. The molecule has 2 amide bonds. The average molecular weight is 264 g/mol. The monoisotopic (exact) mass is 264 g/mol. The lowest BCUT2D eigenvalue weighted by atomic mass is 10.1. The Morgan fingerprint density at radius 1 is 1.26 bits per heavy atom. The molecule has 0 aliphatic rings. The van der Waals surface area contributed by atoms with E-state index in [0.29, 0.717) is 13.0 Å². The smallest absolute Gasteiger partial charge is 0.309 e. The highest BCUT2D eigenvalue weighted by atomic mass is 16.5. The molecule has 0 aliphatic heterocycles. The Morgan fingerprint density at radius 3 is 2.63 bits per heavy atom. The van der Waals surface area contributed by atoms with Crippen molar-refractivity contribution in [2.45, 2.75) is 26.3 Å². The third-order valence-electron chi connectivity index (χ3n) is 2.46. The lowest BCUT2D eigenvalue weighted by Gasteiger charge is -2.09. The van der Waals surface area contributed by atoms with Crippen LogP contribution in [0, 0.1) is 0 Å². The maximum Gasteiger partial charge on any atom is 0.309 e. The number of benzene rings is 1. The first kappa shape index (κ1) is 15.0. The summed E-state index contributed by atoms with van der Waals surface area (Å²) in [6.45, 7) is 4.03. The summed E-state index contributed by atoms with van der Waals surface area (Å²) in [5, 5.41) is 5.12. The standard InChI is InChI=1S/C14H20N2O3/c1-10(2)16-14(18)13(17)15-8-7-11-5-4-6-12(9-11)19-3/h4-6,9-10H,7-8H2,1-3H3,(H,15,17)(H,16,18). The lowest BCUT2D eigenvalue weighted by Crippen LogP contribution is -2.43. The fourth-order valence-corrected chi connectivity index (χ4v) is 1.56. The van der Waals surface area contributed by atoms with Crippen molar-refractivity contribution in [3.8, 4) is 5.75 Å². The zero-order valence-corrected chi connectivity index (χ0v) is 11.5. The molecule has 0 aliphatic carbocycles. The summed E-state index contributed by atoms with van der Waals surface area (Å²) < 4.78 is 5.11. The van der Waals surface area contributed by atoms with Gasteiger partial charge in [0.2, 0.25) is 0 Å². The molecule has 0 heterocycles. The number of amides is 2. The molecule has 104 valence electrons. The largest absolute Gasteiger partial charge is 0.497 e. The molecule has 2 N–H and O–H groups in total. The topological polar surface area (TPSA) is 67.4 Å². The van der Waals surface area contributed by atoms with Crippen LogP contribution in [0.3, 0.4) is 0 Å². The van der Waals surface area contributed by atoms with Crippen molar-refractivity contribution in [1.29, 1.82) is 0 Å². The quantitative estimate of drug-likeness (QED) is 0.776. The Labute approximate surface area is 113 Å². The third kappa shape index (κ3) is 5.42. The van der Waals surface area contributed by atoms with Gasteiger partial charge in [0, 0.05) is 12.6 Å². The van der Waals surface area contributed by atoms with Crippen molar-refractivity contribution in [2.24, 2.45) is 0 Å². The van der Waals surface area contributed by atoms with E-state index in [9.17, 15) is 9.59 Å². The van der Waals surface area contributed by atoms with Crippen molar-refractivity contribution >= 4 is 11.8 Å². The second kappa shape index (κ2) is 7.41. The second-order valence-corrected chi connectivity index (χ2v) is 4.49. The number of nitrogens with one attached hydrogen (secondary N) is 2. The second-order valence-electron chi connectivity index (χ2n) is 4.49. The van der Waals surface area contributed by atoms with E-state index >= 15 is 0 Å². The number of hydrogen-bond donors (Lipinski definition) is 2. The van der Waals surface area contributed by atoms with E-state index in [4.69, 9.17) is 4.74 Å². The fourth-order valence-electron chi connectivity index (χ4n) is 1.56. The van der Waals surface area contributed by atoms with Crippen molar-refractivity contribution in [2.75, 3.05) is 13.7 Å². The van der Waals surface area contributed by atoms with Gasteiger partial charge in [0.05, 0.1) is 7.11 Å². The molecule has 0 unspecified atom stereocenters. The van der Waals surface area contributed by atoms with Crippen molar-refractivity contribution in [3.63, 3.8) is 0 Å². The highest BCUT2D eigenvalue weighted by Crippen LogP contribution is 2.12. The molecule has 1 aromatic rings. The molecule has 0 radical (unpaired) electrons. The molecule has 0 fully saturated rings. The molecule has 0 saturated heterocycles. The van der Waals surface area contributed by atoms with Crippen LogP contribution in [0.5, 0.6) is 5.75 Å². The Kier molecular flexibility index (Phi) is 5.85. The van der Waals surface area contributed by atoms with Crippen LogP contribution < -0.4 is 15.4 Å². The summed E-state index contributed by atoms with van der Waals surface area (Å²) in [6, 6.07) is 7.56. The van der Waals surface area contributed by atoms with Crippen LogP contribution in [-0.2, 0) is 16.0 Å². The molecule has 5 nitrogen and oxygen atoms in total. The summed E-state index contributed by atoms with van der Waals surface area (Å²) in [4.78, 5) is 22.8. The summed E-state index contributed by atoms with van der Waals surface area (Å²) in [5.41, 5.74) is 1.05. The Hall–Kier alpha value is -2.04. The van der Waals surface area contributed by atoms with Crippen LogP contribution in [-0.4, -0.2) is 31.5 Å². The van der Waals surface area contributed by atoms with Gasteiger partial charge in [-0.3, -0.25) is 9.59 Å². The highest BCUT2D eigenvalue weighted by molar-refractivity contribution is 6.35. The Morgan fingerprint density at radius 2 is 2.00 bits per heavy atom. The summed E-state index contributed by atoms with van der Waals surface area (Å²) >= 11 is 0. The van der Waals surface area contributed by atoms with Gasteiger partial charge in [-0.25, -0.2) is 0 Å². The molecular weight excluding hydrogens is 244 g/mol. The third-order valence-corrected chi connectivity index (χ3v) is 2.46. The average Bonchev–Trinajstić information content (AvgIpc) is 2.38. The van der Waals surface area contributed by atoms with Crippen LogP contribution in [0.4, 0.5) is 0 Å². The van der Waals surface area contributed by atoms with Crippen LogP contribution in [0.1, 0.15) is 19.4 Å². The van der Waals surface area contributed by atoms with Gasteiger partial charge in [0.1, 0.15) is 5.75 Å². The number of ether oxygens (including phenoxy) is 1. The van der Waals surface area contributed by atoms with Gasteiger partial charge < -0.3 is 15.4 Å². The molecule has 5 heteroatoms. The van der Waals surface area contributed by atoms with Crippen molar-refractivity contribution in [3.05, 3.63) is 29.8 Å². The number of methoxy groups -OCH3 is 1. The minimum Gasteiger partial charge on any atom is -0.497 e. The van der Waals surface area contributed by atoms with Gasteiger partial charge in [0.15, 0.2) is 0 Å². The molecule has 1 rings (SSSR count). The summed E-state index contributed by atoms with van der Waals surface area (Å²) in [5.74, 6) is -0.418. The molecule has 0 aromatic heterocycles. The molecule has 0 saturated carbocycles. The Bertz CT molecular complexity index is 444. The van der Waals surface area contributed by atoms with E-state index in [2.05, 4.69) is 10.6 Å². The first-order valence-corrected chi connectivity index (χ1v) is 6.24. The van der Waals surface area contributed by atoms with E-state index in [1.807, 2.05) is 24.3 Å². The molecule has 19 heavy (non-hydrogen) atoms. The van der Waals surface area contributed by atoms with Crippen LogP contribution in [0.15, 0.2) is 24.3 Å². The van der Waals surface area contributed by atoms with E-state index in [0.717, 1.165) is 11.3 Å². The van der Waals surface area contributed by atoms with Crippen LogP contribution in [0.25, 0.3) is 0 Å². The molecule has 0 spiro atoms. The fraction of sp³-hybridized carbons (Fsp3) is 0.429. The number of carbonyl (C=O) groups is 2. The maximum absolute atomic E-state index is 11.4. The van der Waals surface area contributed by atoms with E-state index in [-0.39, 0.29) is 6.04 Å². The minimum atomic E-state index is -0.600. The van der Waals surface area contributed by atoms with Gasteiger partial charge in [-0.1, -0.05) is 12.1 Å². The van der Waals surface area contributed by atoms with Gasteiger partial charge in [-0.05, 0) is 38.0 Å². The van der Waals surface area contributed by atoms with Crippen molar-refractivity contribution in [1.82, 2.24) is 10.6 Å². The zero-order valence-electron chi connectivity index (χ0n) is 11.5. The van der Waals surface area contributed by atoms with E-state index in [1.165, 1.54) is 0 Å². The first-order chi connectivity index (χ1) is 9.02. The SMILES string of the molecule is COc1cccc(CCNC(=O)C(=O)NC(C)C)c1. The Balaban J connectivity index is 2.37. The lowest BCUT2D eigenvalue weighted by molar-refractivity contribution is -0.139. The van der Waals surface area contributed by atoms with Gasteiger partial charge in [0.25, 0.3) is 0 Å². The number of carbonyl (C=O) groups excluding carboxylic acids is 2. The zero-order chi connectivity index (χ0) is 14.3. The van der Waals surface area contributed by atoms with E-state index in [1.54, 1.807) is 21.0 Å². The van der Waals surface area contributed by atoms with Crippen LogP contribution >= 0.6 is 0 Å². The highest BCUT2D eigenvalue weighted by Gasteiger charge is 2.13. The molecular formula is C14H20N2O3. The number of rotatable bonds is 5.